The van der Waals surface area contributed by atoms with Gasteiger partial charge in [-0.3, -0.25) is 5.43 Å². The van der Waals surface area contributed by atoms with E-state index in [2.05, 4.69) is 34.9 Å². The zero-order chi connectivity index (χ0) is 13.5. The molecule has 0 saturated heterocycles. The molecule has 1 aliphatic rings. The summed E-state index contributed by atoms with van der Waals surface area (Å²) in [6, 6.07) is 10.2. The summed E-state index contributed by atoms with van der Waals surface area (Å²) in [5.41, 5.74) is 5.40. The number of hydrogen-bond acceptors (Lipinski definition) is 2. The Morgan fingerprint density at radius 1 is 1.37 bits per heavy atom. The minimum atomic E-state index is 0.592. The second kappa shape index (κ2) is 7.24. The van der Waals surface area contributed by atoms with E-state index in [0.29, 0.717) is 5.11 Å². The van der Waals surface area contributed by atoms with Crippen LogP contribution in [0.5, 0.6) is 0 Å². The van der Waals surface area contributed by atoms with Gasteiger partial charge < -0.3 is 5.32 Å². The predicted molar refractivity (Wildman–Crippen MR) is 84.1 cm³/mol. The van der Waals surface area contributed by atoms with Crippen molar-refractivity contribution < 1.29 is 0 Å². The normalized spacial score (nSPS) is 21.1. The fraction of sp³-hybridized carbons (Fsp3) is 0.467. The third-order valence-electron chi connectivity index (χ3n) is 3.36. The van der Waals surface area contributed by atoms with Crippen molar-refractivity contribution in [1.29, 1.82) is 0 Å². The maximum Gasteiger partial charge on any atom is 0.187 e. The molecule has 0 unspecified atom stereocenters. The van der Waals surface area contributed by atoms with Crippen LogP contribution in [0.2, 0.25) is 0 Å². The number of nitrogens with one attached hydrogen (secondary N) is 2. The van der Waals surface area contributed by atoms with Crippen molar-refractivity contribution in [3.8, 4) is 0 Å². The fourth-order valence-electron chi connectivity index (χ4n) is 2.31. The van der Waals surface area contributed by atoms with Gasteiger partial charge in [-0.15, -0.1) is 0 Å². The predicted octanol–water partition coefficient (Wildman–Crippen LogP) is 3.22. The van der Waals surface area contributed by atoms with Gasteiger partial charge in [0.2, 0.25) is 0 Å². The quantitative estimate of drug-likeness (QED) is 0.657. The lowest BCUT2D eigenvalue weighted by atomic mass is 9.89. The molecule has 0 aliphatic heterocycles. The summed E-state index contributed by atoms with van der Waals surface area (Å²) in [6.07, 6.45) is 4.74. The highest BCUT2D eigenvalue weighted by Crippen LogP contribution is 2.20. The molecular formula is C15H21N3S. The molecule has 3 nitrogen and oxygen atoms in total. The lowest BCUT2D eigenvalue weighted by Crippen LogP contribution is -2.32. The summed E-state index contributed by atoms with van der Waals surface area (Å²) < 4.78 is 0. The van der Waals surface area contributed by atoms with Gasteiger partial charge in [0.15, 0.2) is 5.11 Å². The molecular weight excluding hydrogens is 254 g/mol. The molecule has 1 fully saturated rings. The molecule has 1 aromatic carbocycles. The van der Waals surface area contributed by atoms with Gasteiger partial charge in [0.1, 0.15) is 0 Å². The number of benzene rings is 1. The largest absolute Gasteiger partial charge is 0.357 e. The van der Waals surface area contributed by atoms with E-state index in [1.807, 2.05) is 18.2 Å². The van der Waals surface area contributed by atoms with Crippen molar-refractivity contribution in [3.63, 3.8) is 0 Å². The number of thiocarbonyl (C=S) groups is 1. The van der Waals surface area contributed by atoms with Gasteiger partial charge in [-0.05, 0) is 49.4 Å². The summed E-state index contributed by atoms with van der Waals surface area (Å²) in [6.45, 7) is 3.01. The number of hydrogen-bond donors (Lipinski definition) is 2. The molecule has 1 aromatic rings. The van der Waals surface area contributed by atoms with E-state index in [4.69, 9.17) is 12.2 Å². The molecule has 2 N–H and O–H groups in total. The van der Waals surface area contributed by atoms with Crippen LogP contribution in [0.4, 0.5) is 0 Å². The van der Waals surface area contributed by atoms with Crippen LogP contribution in [0.25, 0.3) is 0 Å². The summed E-state index contributed by atoms with van der Waals surface area (Å²) in [7, 11) is 0. The van der Waals surface area contributed by atoms with Crippen LogP contribution in [0.15, 0.2) is 35.4 Å². The maximum absolute atomic E-state index is 5.22. The molecule has 1 atom stereocenters. The molecule has 0 bridgehead atoms. The third kappa shape index (κ3) is 4.99. The average molecular weight is 275 g/mol. The van der Waals surface area contributed by atoms with Crippen molar-refractivity contribution >= 4 is 23.0 Å². The van der Waals surface area contributed by atoms with Crippen molar-refractivity contribution in [2.75, 3.05) is 0 Å². The molecule has 0 aromatic heterocycles. The Morgan fingerprint density at radius 3 is 2.89 bits per heavy atom. The molecule has 2 rings (SSSR count). The first-order valence-corrected chi connectivity index (χ1v) is 7.28. The summed E-state index contributed by atoms with van der Waals surface area (Å²) in [5, 5.41) is 8.16. The molecule has 0 radical (unpaired) electrons. The first-order valence-electron chi connectivity index (χ1n) is 6.87. The average Bonchev–Trinajstić information content (AvgIpc) is 2.44. The van der Waals surface area contributed by atoms with E-state index >= 15 is 0 Å². The van der Waals surface area contributed by atoms with Crippen LogP contribution >= 0.6 is 12.2 Å². The molecule has 102 valence electrons. The van der Waals surface area contributed by atoms with Gasteiger partial charge in [0.25, 0.3) is 0 Å². The van der Waals surface area contributed by atoms with E-state index in [0.717, 1.165) is 25.3 Å². The lowest BCUT2D eigenvalue weighted by molar-refractivity contribution is 0.498. The zero-order valence-electron chi connectivity index (χ0n) is 11.4. The lowest BCUT2D eigenvalue weighted by Gasteiger charge is -2.19. The highest BCUT2D eigenvalue weighted by molar-refractivity contribution is 7.80. The minimum Gasteiger partial charge on any atom is -0.357 e. The summed E-state index contributed by atoms with van der Waals surface area (Å²) in [5.74, 6) is 0.750. The van der Waals surface area contributed by atoms with Crippen LogP contribution in [0.3, 0.4) is 0 Å². The molecule has 0 amide bonds. The van der Waals surface area contributed by atoms with Crippen LogP contribution in [-0.4, -0.2) is 10.8 Å². The molecule has 1 aliphatic carbocycles. The van der Waals surface area contributed by atoms with Gasteiger partial charge >= 0.3 is 0 Å². The van der Waals surface area contributed by atoms with Gasteiger partial charge in [0, 0.05) is 12.3 Å². The third-order valence-corrected chi connectivity index (χ3v) is 3.59. The Morgan fingerprint density at radius 2 is 2.16 bits per heavy atom. The van der Waals surface area contributed by atoms with Crippen LogP contribution in [-0.2, 0) is 6.54 Å². The zero-order valence-corrected chi connectivity index (χ0v) is 12.2. The van der Waals surface area contributed by atoms with Crippen LogP contribution in [0.1, 0.15) is 38.2 Å². The Bertz CT molecular complexity index is 442. The second-order valence-corrected chi connectivity index (χ2v) is 5.57. The smallest absolute Gasteiger partial charge is 0.187 e. The first kappa shape index (κ1) is 14.0. The molecule has 1 saturated carbocycles. The Kier molecular flexibility index (Phi) is 5.33. The highest BCUT2D eigenvalue weighted by atomic mass is 32.1. The first-order chi connectivity index (χ1) is 9.24. The highest BCUT2D eigenvalue weighted by Gasteiger charge is 2.13. The van der Waals surface area contributed by atoms with Crippen molar-refractivity contribution in [1.82, 2.24) is 10.7 Å². The van der Waals surface area contributed by atoms with Crippen LogP contribution in [0, 0.1) is 5.92 Å². The standard InChI is InChI=1S/C15H21N3S/c1-12-6-5-9-14(10-12)17-18-15(19)16-11-13-7-3-2-4-8-13/h2-4,7-8,12H,5-6,9-11H2,1H3,(H2,16,18,19)/b17-14-/t12-/m1/s1. The second-order valence-electron chi connectivity index (χ2n) is 5.16. The van der Waals surface area contributed by atoms with E-state index in [9.17, 15) is 0 Å². The Hall–Kier alpha value is -1.42. The molecule has 0 spiro atoms. The Balaban J connectivity index is 1.74. The van der Waals surface area contributed by atoms with Gasteiger partial charge in [-0.25, -0.2) is 0 Å². The van der Waals surface area contributed by atoms with Crippen LogP contribution < -0.4 is 10.7 Å². The van der Waals surface area contributed by atoms with Gasteiger partial charge in [-0.2, -0.15) is 5.10 Å². The fourth-order valence-corrected chi connectivity index (χ4v) is 2.43. The summed E-state index contributed by atoms with van der Waals surface area (Å²) >= 11 is 5.22. The minimum absolute atomic E-state index is 0.592. The van der Waals surface area contributed by atoms with Gasteiger partial charge in [0.05, 0.1) is 0 Å². The summed E-state index contributed by atoms with van der Waals surface area (Å²) in [4.78, 5) is 0. The van der Waals surface area contributed by atoms with E-state index in [1.165, 1.54) is 24.1 Å². The monoisotopic (exact) mass is 275 g/mol. The number of nitrogens with zero attached hydrogens (tertiary/aromatic N) is 1. The Labute approximate surface area is 120 Å². The molecule has 19 heavy (non-hydrogen) atoms. The van der Waals surface area contributed by atoms with Crippen molar-refractivity contribution in [3.05, 3.63) is 35.9 Å². The SMILES string of the molecule is C[C@@H]1CCC/C(=N/NC(=S)NCc2ccccc2)C1. The number of hydrazone groups is 1. The molecule has 0 heterocycles. The number of rotatable bonds is 3. The van der Waals surface area contributed by atoms with Gasteiger partial charge in [-0.1, -0.05) is 37.3 Å². The van der Waals surface area contributed by atoms with Crippen molar-refractivity contribution in [2.45, 2.75) is 39.2 Å². The van der Waals surface area contributed by atoms with E-state index < -0.39 is 0 Å². The van der Waals surface area contributed by atoms with E-state index in [1.54, 1.807) is 0 Å². The molecule has 4 heteroatoms. The van der Waals surface area contributed by atoms with E-state index in [-0.39, 0.29) is 0 Å². The van der Waals surface area contributed by atoms with Crippen molar-refractivity contribution in [2.24, 2.45) is 11.0 Å². The maximum atomic E-state index is 5.22. The topological polar surface area (TPSA) is 36.4 Å².